The van der Waals surface area contributed by atoms with Gasteiger partial charge in [0.2, 0.25) is 0 Å². The van der Waals surface area contributed by atoms with Crippen molar-refractivity contribution in [1.82, 2.24) is 5.32 Å². The molecule has 2 rings (SSSR count). The van der Waals surface area contributed by atoms with Crippen molar-refractivity contribution >= 4 is 52.6 Å². The van der Waals surface area contributed by atoms with E-state index in [1.165, 1.54) is 11.3 Å². The van der Waals surface area contributed by atoms with Gasteiger partial charge in [-0.3, -0.25) is 4.79 Å². The molecule has 0 aliphatic carbocycles. The van der Waals surface area contributed by atoms with E-state index in [0.717, 1.165) is 11.3 Å². The number of hydrogen-bond donors (Lipinski definition) is 2. The number of halogens is 2. The molecule has 2 aromatic rings. The lowest BCUT2D eigenvalue weighted by Gasteiger charge is -2.17. The van der Waals surface area contributed by atoms with Crippen LogP contribution in [0.25, 0.3) is 0 Å². The van der Waals surface area contributed by atoms with Crippen molar-refractivity contribution < 1.29 is 4.79 Å². The first-order chi connectivity index (χ1) is 9.49. The van der Waals surface area contributed by atoms with E-state index in [-0.39, 0.29) is 18.3 Å². The summed E-state index contributed by atoms with van der Waals surface area (Å²) in [6.45, 7) is 0.391. The number of nitrogens with zero attached hydrogens (tertiary/aromatic N) is 1. The highest BCUT2D eigenvalue weighted by Crippen LogP contribution is 2.25. The van der Waals surface area contributed by atoms with E-state index in [9.17, 15) is 4.79 Å². The molecule has 0 radical (unpaired) electrons. The summed E-state index contributed by atoms with van der Waals surface area (Å²) >= 11 is 7.07. The molecule has 21 heavy (non-hydrogen) atoms. The number of carbonyl (C=O) groups excluding carboxylic acids is 1. The summed E-state index contributed by atoms with van der Waals surface area (Å²) in [4.78, 5) is 14.5. The Morgan fingerprint density at radius 3 is 2.62 bits per heavy atom. The molecular formula is C14H17Cl2N3OS. The molecule has 0 unspecified atom stereocenters. The number of nitrogen functional groups attached to an aromatic ring is 1. The lowest BCUT2D eigenvalue weighted by molar-refractivity contribution is 0.0955. The average molecular weight is 346 g/mol. The molecule has 7 heteroatoms. The average Bonchev–Trinajstić information content (AvgIpc) is 2.83. The molecule has 4 nitrogen and oxygen atoms in total. The van der Waals surface area contributed by atoms with Gasteiger partial charge in [0, 0.05) is 20.6 Å². The molecule has 0 saturated carbocycles. The topological polar surface area (TPSA) is 58.4 Å². The van der Waals surface area contributed by atoms with E-state index >= 15 is 0 Å². The van der Waals surface area contributed by atoms with Crippen molar-refractivity contribution in [2.75, 3.05) is 24.7 Å². The molecular weight excluding hydrogens is 329 g/mol. The first-order valence-electron chi connectivity index (χ1n) is 6.07. The van der Waals surface area contributed by atoms with Gasteiger partial charge in [-0.05, 0) is 23.8 Å². The molecule has 1 aromatic heterocycles. The Bertz CT molecular complexity index is 628. The smallest absolute Gasteiger partial charge is 0.261 e. The van der Waals surface area contributed by atoms with Crippen molar-refractivity contribution in [2.45, 2.75) is 6.54 Å². The van der Waals surface area contributed by atoms with Crippen LogP contribution in [0.3, 0.4) is 0 Å². The second-order valence-electron chi connectivity index (χ2n) is 4.53. The normalized spacial score (nSPS) is 9.86. The monoisotopic (exact) mass is 345 g/mol. The number of anilines is 2. The fourth-order valence-corrected chi connectivity index (χ4v) is 2.80. The van der Waals surface area contributed by atoms with E-state index in [1.54, 1.807) is 12.1 Å². The van der Waals surface area contributed by atoms with Gasteiger partial charge in [0.15, 0.2) is 0 Å². The van der Waals surface area contributed by atoms with Crippen LogP contribution in [0.5, 0.6) is 0 Å². The molecule has 0 atom stereocenters. The van der Waals surface area contributed by atoms with E-state index in [2.05, 4.69) is 5.32 Å². The zero-order valence-electron chi connectivity index (χ0n) is 11.7. The van der Waals surface area contributed by atoms with Gasteiger partial charge in [0.05, 0.1) is 20.6 Å². The van der Waals surface area contributed by atoms with Crippen molar-refractivity contribution in [1.29, 1.82) is 0 Å². The second kappa shape index (κ2) is 7.54. The summed E-state index contributed by atoms with van der Waals surface area (Å²) in [7, 11) is 3.86. The number of thiophene rings is 1. The number of benzene rings is 1. The van der Waals surface area contributed by atoms with Crippen LogP contribution in [0.4, 0.5) is 11.4 Å². The molecule has 114 valence electrons. The minimum atomic E-state index is -0.142. The Morgan fingerprint density at radius 2 is 2.05 bits per heavy atom. The minimum absolute atomic E-state index is 0. The maximum Gasteiger partial charge on any atom is 0.261 e. The summed E-state index contributed by atoms with van der Waals surface area (Å²) in [5.74, 6) is -0.142. The maximum atomic E-state index is 12.0. The molecule has 1 aromatic carbocycles. The number of rotatable bonds is 4. The molecule has 0 aliphatic rings. The van der Waals surface area contributed by atoms with Crippen LogP contribution in [-0.2, 0) is 6.54 Å². The van der Waals surface area contributed by atoms with Gasteiger partial charge in [-0.2, -0.15) is 0 Å². The van der Waals surface area contributed by atoms with Crippen LogP contribution >= 0.6 is 35.3 Å². The first-order valence-corrected chi connectivity index (χ1v) is 7.26. The third kappa shape index (κ3) is 4.27. The van der Waals surface area contributed by atoms with E-state index < -0.39 is 0 Å². The van der Waals surface area contributed by atoms with E-state index in [0.29, 0.717) is 21.4 Å². The van der Waals surface area contributed by atoms with Gasteiger partial charge in [-0.25, -0.2) is 0 Å². The fourth-order valence-electron chi connectivity index (χ4n) is 1.84. The molecule has 1 amide bonds. The second-order valence-corrected chi connectivity index (χ2v) is 6.25. The molecule has 0 bridgehead atoms. The fraction of sp³-hybridized carbons (Fsp3) is 0.214. The minimum Gasteiger partial charge on any atom is -0.397 e. The third-order valence-corrected chi connectivity index (χ3v) is 4.12. The van der Waals surface area contributed by atoms with Gasteiger partial charge < -0.3 is 16.0 Å². The molecule has 0 spiro atoms. The number of amides is 1. The largest absolute Gasteiger partial charge is 0.397 e. The van der Waals surface area contributed by atoms with Crippen molar-refractivity contribution in [3.05, 3.63) is 45.1 Å². The van der Waals surface area contributed by atoms with E-state index in [4.69, 9.17) is 17.3 Å². The summed E-state index contributed by atoms with van der Waals surface area (Å²) in [6, 6.07) is 9.20. The highest BCUT2D eigenvalue weighted by atomic mass is 35.5. The highest BCUT2D eigenvalue weighted by Gasteiger charge is 2.10. The molecule has 0 fully saturated rings. The number of carbonyl (C=O) groups is 1. The standard InChI is InChI=1S/C14H16ClN3OS.ClH/c1-18(2)10-5-3-4-9(13(10)16)8-17-14(19)11-6-7-12(15)20-11;/h3-7H,8,16H2,1-2H3,(H,17,19);1H. The van der Waals surface area contributed by atoms with Crippen molar-refractivity contribution in [3.8, 4) is 0 Å². The summed E-state index contributed by atoms with van der Waals surface area (Å²) in [5.41, 5.74) is 8.62. The highest BCUT2D eigenvalue weighted by molar-refractivity contribution is 7.17. The predicted octanol–water partition coefficient (Wildman–Crippen LogP) is 3.40. The molecule has 0 saturated heterocycles. The Kier molecular flexibility index (Phi) is 6.33. The van der Waals surface area contributed by atoms with Gasteiger partial charge in [0.25, 0.3) is 5.91 Å². The number of para-hydroxylation sites is 1. The first kappa shape index (κ1) is 17.6. The van der Waals surface area contributed by atoms with Crippen LogP contribution in [0.15, 0.2) is 30.3 Å². The zero-order valence-corrected chi connectivity index (χ0v) is 14.1. The van der Waals surface area contributed by atoms with Crippen LogP contribution in [0, 0.1) is 0 Å². The Balaban J connectivity index is 0.00000220. The van der Waals surface area contributed by atoms with E-state index in [1.807, 2.05) is 37.2 Å². The lowest BCUT2D eigenvalue weighted by Crippen LogP contribution is -2.23. The van der Waals surface area contributed by atoms with Crippen LogP contribution < -0.4 is 16.0 Å². The Labute approximate surface area is 139 Å². The zero-order chi connectivity index (χ0) is 14.7. The van der Waals surface area contributed by atoms with Crippen molar-refractivity contribution in [2.24, 2.45) is 0 Å². The molecule has 0 aliphatic heterocycles. The van der Waals surface area contributed by atoms with Gasteiger partial charge >= 0.3 is 0 Å². The maximum absolute atomic E-state index is 12.0. The van der Waals surface area contributed by atoms with Crippen LogP contribution in [-0.4, -0.2) is 20.0 Å². The number of nitrogens with one attached hydrogen (secondary N) is 1. The third-order valence-electron chi connectivity index (χ3n) is 2.89. The summed E-state index contributed by atoms with van der Waals surface area (Å²) in [6.07, 6.45) is 0. The number of nitrogens with two attached hydrogens (primary N) is 1. The quantitative estimate of drug-likeness (QED) is 0.835. The SMILES string of the molecule is CN(C)c1cccc(CNC(=O)c2ccc(Cl)s2)c1N.Cl. The lowest BCUT2D eigenvalue weighted by atomic mass is 10.1. The summed E-state index contributed by atoms with van der Waals surface area (Å²) in [5, 5.41) is 2.85. The Hall–Kier alpha value is -1.43. The van der Waals surface area contributed by atoms with Gasteiger partial charge in [-0.15, -0.1) is 23.7 Å². The predicted molar refractivity (Wildman–Crippen MR) is 92.9 cm³/mol. The van der Waals surface area contributed by atoms with Gasteiger partial charge in [0.1, 0.15) is 0 Å². The summed E-state index contributed by atoms with van der Waals surface area (Å²) < 4.78 is 0.601. The van der Waals surface area contributed by atoms with Crippen LogP contribution in [0.1, 0.15) is 15.2 Å². The van der Waals surface area contributed by atoms with Crippen LogP contribution in [0.2, 0.25) is 4.34 Å². The van der Waals surface area contributed by atoms with Gasteiger partial charge in [-0.1, -0.05) is 23.7 Å². The molecule has 1 heterocycles. The Morgan fingerprint density at radius 1 is 1.33 bits per heavy atom. The number of hydrogen-bond acceptors (Lipinski definition) is 4. The molecule has 3 N–H and O–H groups in total. The van der Waals surface area contributed by atoms with Crippen molar-refractivity contribution in [3.63, 3.8) is 0 Å².